The molecule has 30 heavy (non-hydrogen) atoms. The van der Waals surface area contributed by atoms with Gasteiger partial charge in [0.1, 0.15) is 0 Å². The summed E-state index contributed by atoms with van der Waals surface area (Å²) >= 11 is 24.9. The van der Waals surface area contributed by atoms with E-state index in [1.807, 2.05) is 47.1 Å². The molecule has 152 valence electrons. The monoisotopic (exact) mass is 474 g/mol. The van der Waals surface area contributed by atoms with Crippen LogP contribution in [0, 0.1) is 13.8 Å². The summed E-state index contributed by atoms with van der Waals surface area (Å²) in [6.45, 7) is 4.78. The van der Waals surface area contributed by atoms with Gasteiger partial charge in [0.05, 0.1) is 38.0 Å². The van der Waals surface area contributed by atoms with Crippen LogP contribution < -0.4 is 0 Å². The Kier molecular flexibility index (Phi) is 6.13. The summed E-state index contributed by atoms with van der Waals surface area (Å²) in [6.07, 6.45) is 0. The van der Waals surface area contributed by atoms with Crippen molar-refractivity contribution >= 4 is 46.4 Å². The van der Waals surface area contributed by atoms with Crippen molar-refractivity contribution in [2.45, 2.75) is 20.4 Å². The van der Waals surface area contributed by atoms with Crippen LogP contribution in [-0.4, -0.2) is 9.78 Å². The maximum absolute atomic E-state index is 6.32. The van der Waals surface area contributed by atoms with Gasteiger partial charge in [0, 0.05) is 16.7 Å². The minimum Gasteiger partial charge on any atom is -0.260 e. The van der Waals surface area contributed by atoms with E-state index in [4.69, 9.17) is 51.5 Å². The molecule has 0 fully saturated rings. The summed E-state index contributed by atoms with van der Waals surface area (Å²) in [7, 11) is 0. The summed E-state index contributed by atoms with van der Waals surface area (Å²) in [5.74, 6) is 0. The second-order valence-electron chi connectivity index (χ2n) is 7.16. The average Bonchev–Trinajstić information content (AvgIpc) is 3.04. The van der Waals surface area contributed by atoms with Crippen LogP contribution in [0.3, 0.4) is 0 Å². The molecule has 0 bridgehead atoms. The van der Waals surface area contributed by atoms with Crippen LogP contribution in [0.5, 0.6) is 0 Å². The molecule has 6 heteroatoms. The number of rotatable bonds is 4. The lowest BCUT2D eigenvalue weighted by molar-refractivity contribution is 0.693. The predicted octanol–water partition coefficient (Wildman–Crippen LogP) is 8.50. The third kappa shape index (κ3) is 4.10. The fraction of sp³-hybridized carbons (Fsp3) is 0.125. The van der Waals surface area contributed by atoms with Gasteiger partial charge >= 0.3 is 0 Å². The maximum atomic E-state index is 6.32. The molecule has 3 aromatic carbocycles. The molecule has 0 spiro atoms. The molecule has 0 aliphatic heterocycles. The predicted molar refractivity (Wildman–Crippen MR) is 128 cm³/mol. The highest BCUT2D eigenvalue weighted by Crippen LogP contribution is 2.36. The number of benzene rings is 3. The van der Waals surface area contributed by atoms with Crippen molar-refractivity contribution < 1.29 is 0 Å². The molecule has 0 saturated heterocycles. The summed E-state index contributed by atoms with van der Waals surface area (Å²) in [5, 5.41) is 7.00. The Hall–Kier alpha value is -1.97. The molecule has 0 radical (unpaired) electrons. The molecule has 0 aliphatic carbocycles. The molecule has 0 N–H and O–H groups in total. The van der Waals surface area contributed by atoms with Crippen LogP contribution >= 0.6 is 46.4 Å². The Morgan fingerprint density at radius 2 is 1.33 bits per heavy atom. The minimum atomic E-state index is 0.498. The number of nitrogens with zero attached hydrogens (tertiary/aromatic N) is 2. The van der Waals surface area contributed by atoms with Gasteiger partial charge in [-0.1, -0.05) is 82.8 Å². The highest BCUT2D eigenvalue weighted by atomic mass is 35.5. The zero-order chi connectivity index (χ0) is 21.4. The maximum Gasteiger partial charge on any atom is 0.0959 e. The molecule has 1 heterocycles. The van der Waals surface area contributed by atoms with Crippen molar-refractivity contribution in [1.82, 2.24) is 9.78 Å². The second-order valence-corrected chi connectivity index (χ2v) is 8.79. The van der Waals surface area contributed by atoms with Crippen molar-refractivity contribution in [3.63, 3.8) is 0 Å². The Balaban J connectivity index is 1.91. The normalized spacial score (nSPS) is 11.1. The van der Waals surface area contributed by atoms with E-state index in [1.54, 1.807) is 6.07 Å². The summed E-state index contributed by atoms with van der Waals surface area (Å²) in [4.78, 5) is 0. The lowest BCUT2D eigenvalue weighted by atomic mass is 10.0. The van der Waals surface area contributed by atoms with Gasteiger partial charge < -0.3 is 0 Å². The van der Waals surface area contributed by atoms with E-state index >= 15 is 0 Å². The standard InChI is InChI=1S/C24H18Cl4N2/c1-14-5-3-4-6-18(14)13-30-24(17-8-10-20(26)22(28)12-17)15(2)23(29-30)16-7-9-19(25)21(27)11-16/h3-12H,13H2,1-2H3. The second kappa shape index (κ2) is 8.64. The van der Waals surface area contributed by atoms with Crippen LogP contribution in [0.15, 0.2) is 60.7 Å². The first-order valence-corrected chi connectivity index (χ1v) is 10.9. The van der Waals surface area contributed by atoms with Gasteiger partial charge in [-0.15, -0.1) is 0 Å². The van der Waals surface area contributed by atoms with Crippen LogP contribution in [-0.2, 0) is 6.54 Å². The van der Waals surface area contributed by atoms with E-state index in [2.05, 4.69) is 26.0 Å². The fourth-order valence-electron chi connectivity index (χ4n) is 3.54. The van der Waals surface area contributed by atoms with Crippen LogP contribution in [0.2, 0.25) is 20.1 Å². The molecule has 0 aliphatic rings. The number of hydrogen-bond acceptors (Lipinski definition) is 1. The largest absolute Gasteiger partial charge is 0.260 e. The van der Waals surface area contributed by atoms with E-state index in [-0.39, 0.29) is 0 Å². The molecular weight excluding hydrogens is 458 g/mol. The molecule has 2 nitrogen and oxygen atoms in total. The SMILES string of the molecule is Cc1ccccc1Cn1nc(-c2ccc(Cl)c(Cl)c2)c(C)c1-c1ccc(Cl)c(Cl)c1. The zero-order valence-electron chi connectivity index (χ0n) is 16.4. The molecule has 0 amide bonds. The van der Waals surface area contributed by atoms with Gasteiger partial charge in [-0.05, 0) is 49.2 Å². The number of aromatic nitrogens is 2. The molecule has 0 unspecified atom stereocenters. The first kappa shape index (κ1) is 21.3. The van der Waals surface area contributed by atoms with E-state index in [0.717, 1.165) is 28.1 Å². The molecular formula is C24H18Cl4N2. The molecule has 0 saturated carbocycles. The minimum absolute atomic E-state index is 0.498. The van der Waals surface area contributed by atoms with E-state index in [0.29, 0.717) is 26.6 Å². The third-order valence-electron chi connectivity index (χ3n) is 5.16. The van der Waals surface area contributed by atoms with Crippen molar-refractivity contribution in [2.75, 3.05) is 0 Å². The summed E-state index contributed by atoms with van der Waals surface area (Å²) in [6, 6.07) is 19.5. The van der Waals surface area contributed by atoms with Crippen molar-refractivity contribution in [2.24, 2.45) is 0 Å². The Bertz CT molecular complexity index is 1240. The lowest BCUT2D eigenvalue weighted by Gasteiger charge is -2.11. The molecule has 4 rings (SSSR count). The zero-order valence-corrected chi connectivity index (χ0v) is 19.4. The van der Waals surface area contributed by atoms with Crippen LogP contribution in [0.1, 0.15) is 16.7 Å². The van der Waals surface area contributed by atoms with E-state index < -0.39 is 0 Å². The van der Waals surface area contributed by atoms with Gasteiger partial charge in [0.2, 0.25) is 0 Å². The van der Waals surface area contributed by atoms with Gasteiger partial charge in [0.15, 0.2) is 0 Å². The summed E-state index contributed by atoms with van der Waals surface area (Å²) < 4.78 is 2.01. The topological polar surface area (TPSA) is 17.8 Å². The molecule has 4 aromatic rings. The highest BCUT2D eigenvalue weighted by Gasteiger charge is 2.19. The van der Waals surface area contributed by atoms with Gasteiger partial charge in [0.25, 0.3) is 0 Å². The van der Waals surface area contributed by atoms with E-state index in [1.165, 1.54) is 11.1 Å². The Labute approximate surface area is 196 Å². The number of halogens is 4. The molecule has 0 atom stereocenters. The average molecular weight is 476 g/mol. The van der Waals surface area contributed by atoms with Crippen molar-refractivity contribution in [3.05, 3.63) is 97.4 Å². The smallest absolute Gasteiger partial charge is 0.0959 e. The van der Waals surface area contributed by atoms with Crippen LogP contribution in [0.25, 0.3) is 22.5 Å². The number of aryl methyl sites for hydroxylation is 1. The summed E-state index contributed by atoms with van der Waals surface area (Å²) in [5.41, 5.74) is 7.13. The van der Waals surface area contributed by atoms with Gasteiger partial charge in [-0.3, -0.25) is 4.68 Å². The van der Waals surface area contributed by atoms with Crippen LogP contribution in [0.4, 0.5) is 0 Å². The highest BCUT2D eigenvalue weighted by molar-refractivity contribution is 6.42. The van der Waals surface area contributed by atoms with Crippen molar-refractivity contribution in [3.8, 4) is 22.5 Å². The third-order valence-corrected chi connectivity index (χ3v) is 6.63. The quantitative estimate of drug-likeness (QED) is 0.289. The van der Waals surface area contributed by atoms with Crippen molar-refractivity contribution in [1.29, 1.82) is 0 Å². The number of hydrogen-bond donors (Lipinski definition) is 0. The first-order valence-electron chi connectivity index (χ1n) is 9.38. The van der Waals surface area contributed by atoms with Gasteiger partial charge in [-0.25, -0.2) is 0 Å². The fourth-order valence-corrected chi connectivity index (χ4v) is 4.14. The molecule has 1 aromatic heterocycles. The Morgan fingerprint density at radius 1 is 0.733 bits per heavy atom. The Morgan fingerprint density at radius 3 is 1.97 bits per heavy atom. The van der Waals surface area contributed by atoms with E-state index in [9.17, 15) is 0 Å². The lowest BCUT2D eigenvalue weighted by Crippen LogP contribution is -2.05. The first-order chi connectivity index (χ1) is 14.3. The van der Waals surface area contributed by atoms with Gasteiger partial charge in [-0.2, -0.15) is 5.10 Å².